The topological polar surface area (TPSA) is 67.7 Å². The first-order chi connectivity index (χ1) is 9.67. The molecule has 1 aromatic heterocycles. The van der Waals surface area contributed by atoms with E-state index in [2.05, 4.69) is 24.9 Å². The normalized spacial score (nSPS) is 12.8. The van der Waals surface area contributed by atoms with Gasteiger partial charge in [0.2, 0.25) is 0 Å². The second kappa shape index (κ2) is 9.01. The summed E-state index contributed by atoms with van der Waals surface area (Å²) in [5, 5.41) is 6.39. The molecule has 20 heavy (non-hydrogen) atoms. The average molecular weight is 280 g/mol. The zero-order chi connectivity index (χ0) is 14.8. The van der Waals surface area contributed by atoms with Crippen LogP contribution in [0.4, 0.5) is 0 Å². The van der Waals surface area contributed by atoms with Crippen LogP contribution in [0.5, 0.6) is 0 Å². The third-order valence-corrected chi connectivity index (χ3v) is 2.80. The lowest BCUT2D eigenvalue weighted by Crippen LogP contribution is -2.39. The van der Waals surface area contributed by atoms with Crippen molar-refractivity contribution in [2.45, 2.75) is 20.4 Å². The Labute approximate surface area is 120 Å². The van der Waals surface area contributed by atoms with Crippen molar-refractivity contribution in [2.24, 2.45) is 10.9 Å². The number of rotatable bonds is 7. The van der Waals surface area contributed by atoms with Crippen LogP contribution in [0.15, 0.2) is 29.5 Å². The molecule has 6 nitrogen and oxygen atoms in total. The lowest BCUT2D eigenvalue weighted by Gasteiger charge is -2.13. The number of aromatic nitrogens is 1. The summed E-state index contributed by atoms with van der Waals surface area (Å²) in [7, 11) is 1.39. The van der Waals surface area contributed by atoms with E-state index in [1.165, 1.54) is 7.11 Å². The second-order valence-electron chi connectivity index (χ2n) is 4.49. The first-order valence-electron chi connectivity index (χ1n) is 6.88. The fraction of sp³-hybridized carbons (Fsp3) is 0.571. The van der Waals surface area contributed by atoms with Crippen molar-refractivity contribution in [3.05, 3.63) is 24.5 Å². The van der Waals surface area contributed by atoms with E-state index in [0.29, 0.717) is 6.54 Å². The minimum atomic E-state index is -0.239. The van der Waals surface area contributed by atoms with E-state index in [9.17, 15) is 4.79 Å². The number of nitrogens with zero attached hydrogens (tertiary/aromatic N) is 2. The summed E-state index contributed by atoms with van der Waals surface area (Å²) in [4.78, 5) is 15.7. The van der Waals surface area contributed by atoms with Gasteiger partial charge in [-0.15, -0.1) is 0 Å². The van der Waals surface area contributed by atoms with Gasteiger partial charge in [0.1, 0.15) is 0 Å². The molecule has 2 N–H and O–H groups in total. The molecule has 1 heterocycles. The van der Waals surface area contributed by atoms with Crippen LogP contribution < -0.4 is 10.6 Å². The number of methoxy groups -OCH3 is 1. The minimum Gasteiger partial charge on any atom is -0.469 e. The Morgan fingerprint density at radius 3 is 2.65 bits per heavy atom. The van der Waals surface area contributed by atoms with Gasteiger partial charge in [0.25, 0.3) is 0 Å². The van der Waals surface area contributed by atoms with Crippen molar-refractivity contribution < 1.29 is 9.53 Å². The molecule has 0 radical (unpaired) electrons. The van der Waals surface area contributed by atoms with Crippen molar-refractivity contribution in [3.63, 3.8) is 0 Å². The Kier molecular flexibility index (Phi) is 7.24. The van der Waals surface area contributed by atoms with Crippen LogP contribution in [0.1, 0.15) is 13.8 Å². The number of guanidine groups is 1. The number of carbonyl (C=O) groups excluding carboxylic acids is 1. The van der Waals surface area contributed by atoms with Crippen molar-refractivity contribution in [1.29, 1.82) is 0 Å². The highest BCUT2D eigenvalue weighted by molar-refractivity contribution is 5.80. The van der Waals surface area contributed by atoms with Gasteiger partial charge in [-0.25, -0.2) is 0 Å². The number of carbonyl (C=O) groups is 1. The number of ether oxygens (including phenoxy) is 1. The maximum atomic E-state index is 11.3. The van der Waals surface area contributed by atoms with Crippen LogP contribution in [-0.2, 0) is 16.1 Å². The molecule has 1 atom stereocenters. The number of nitrogens with one attached hydrogen (secondary N) is 2. The van der Waals surface area contributed by atoms with E-state index >= 15 is 0 Å². The van der Waals surface area contributed by atoms with Crippen LogP contribution in [-0.4, -0.2) is 43.2 Å². The molecule has 1 rings (SSSR count). The molecule has 0 spiro atoms. The SMILES string of the molecule is CCNC(=NCC(C)C(=O)OC)NCCn1cccc1. The quantitative estimate of drug-likeness (QED) is 0.441. The summed E-state index contributed by atoms with van der Waals surface area (Å²) in [5.74, 6) is 0.243. The van der Waals surface area contributed by atoms with Crippen LogP contribution in [0, 0.1) is 5.92 Å². The summed E-state index contributed by atoms with van der Waals surface area (Å²) in [6, 6.07) is 3.99. The highest BCUT2D eigenvalue weighted by Gasteiger charge is 2.12. The van der Waals surface area contributed by atoms with Crippen molar-refractivity contribution in [2.75, 3.05) is 26.7 Å². The van der Waals surface area contributed by atoms with Crippen molar-refractivity contribution >= 4 is 11.9 Å². The number of hydrogen-bond acceptors (Lipinski definition) is 3. The zero-order valence-electron chi connectivity index (χ0n) is 12.4. The number of aliphatic imine (C=N–C) groups is 1. The lowest BCUT2D eigenvalue weighted by atomic mass is 10.2. The van der Waals surface area contributed by atoms with Crippen LogP contribution in [0.25, 0.3) is 0 Å². The van der Waals surface area contributed by atoms with Crippen LogP contribution >= 0.6 is 0 Å². The first kappa shape index (κ1) is 16.1. The number of hydrogen-bond donors (Lipinski definition) is 2. The molecular weight excluding hydrogens is 256 g/mol. The molecule has 6 heteroatoms. The average Bonchev–Trinajstić information content (AvgIpc) is 2.96. The van der Waals surface area contributed by atoms with Crippen molar-refractivity contribution in [1.82, 2.24) is 15.2 Å². The van der Waals surface area contributed by atoms with E-state index < -0.39 is 0 Å². The van der Waals surface area contributed by atoms with E-state index in [-0.39, 0.29) is 11.9 Å². The largest absolute Gasteiger partial charge is 0.469 e. The zero-order valence-corrected chi connectivity index (χ0v) is 12.4. The fourth-order valence-electron chi connectivity index (χ4n) is 1.67. The minimum absolute atomic E-state index is 0.236. The Morgan fingerprint density at radius 1 is 1.35 bits per heavy atom. The summed E-state index contributed by atoms with van der Waals surface area (Å²) in [5.41, 5.74) is 0. The third-order valence-electron chi connectivity index (χ3n) is 2.80. The van der Waals surface area contributed by atoms with Gasteiger partial charge in [0.15, 0.2) is 5.96 Å². The van der Waals surface area contributed by atoms with Crippen LogP contribution in [0.3, 0.4) is 0 Å². The fourth-order valence-corrected chi connectivity index (χ4v) is 1.67. The molecular formula is C14H24N4O2. The first-order valence-corrected chi connectivity index (χ1v) is 6.88. The van der Waals surface area contributed by atoms with E-state index in [4.69, 9.17) is 0 Å². The molecule has 1 aromatic rings. The van der Waals surface area contributed by atoms with Gasteiger partial charge in [-0.1, -0.05) is 6.92 Å². The van der Waals surface area contributed by atoms with E-state index in [0.717, 1.165) is 25.6 Å². The smallest absolute Gasteiger partial charge is 0.310 e. The van der Waals surface area contributed by atoms with Gasteiger partial charge in [0, 0.05) is 32.0 Å². The molecule has 0 saturated carbocycles. The third kappa shape index (κ3) is 5.77. The molecule has 112 valence electrons. The second-order valence-corrected chi connectivity index (χ2v) is 4.49. The predicted octanol–water partition coefficient (Wildman–Crippen LogP) is 0.852. The molecule has 0 aliphatic carbocycles. The molecule has 0 bridgehead atoms. The van der Waals surface area contributed by atoms with E-state index in [1.54, 1.807) is 6.92 Å². The highest BCUT2D eigenvalue weighted by Crippen LogP contribution is 1.98. The molecule has 0 saturated heterocycles. The molecule has 0 aromatic carbocycles. The predicted molar refractivity (Wildman–Crippen MR) is 79.6 cm³/mol. The Hall–Kier alpha value is -1.98. The van der Waals surface area contributed by atoms with Gasteiger partial charge < -0.3 is 19.9 Å². The lowest BCUT2D eigenvalue weighted by molar-refractivity contribution is -0.144. The Morgan fingerprint density at radius 2 is 2.05 bits per heavy atom. The maximum Gasteiger partial charge on any atom is 0.310 e. The summed E-state index contributed by atoms with van der Waals surface area (Å²) >= 11 is 0. The highest BCUT2D eigenvalue weighted by atomic mass is 16.5. The summed E-state index contributed by atoms with van der Waals surface area (Å²) < 4.78 is 6.77. The molecule has 0 amide bonds. The molecule has 0 aliphatic heterocycles. The summed E-state index contributed by atoms with van der Waals surface area (Å²) in [6.07, 6.45) is 4.04. The Balaban J connectivity index is 2.40. The van der Waals surface area contributed by atoms with Gasteiger partial charge in [-0.2, -0.15) is 0 Å². The Bertz CT molecular complexity index is 415. The van der Waals surface area contributed by atoms with Crippen molar-refractivity contribution in [3.8, 4) is 0 Å². The summed E-state index contributed by atoms with van der Waals surface area (Å²) in [6.45, 7) is 6.64. The maximum absolute atomic E-state index is 11.3. The molecule has 0 fully saturated rings. The number of esters is 1. The van der Waals surface area contributed by atoms with E-state index in [1.807, 2.05) is 31.5 Å². The standard InChI is InChI=1S/C14H24N4O2/c1-4-15-14(17-11-12(2)13(19)20-3)16-7-10-18-8-5-6-9-18/h5-6,8-9,12H,4,7,10-11H2,1-3H3,(H2,15,16,17). The van der Waals surface area contributed by atoms with Gasteiger partial charge in [0.05, 0.1) is 19.6 Å². The van der Waals surface area contributed by atoms with Gasteiger partial charge in [-0.3, -0.25) is 9.79 Å². The molecule has 0 aliphatic rings. The molecule has 1 unspecified atom stereocenters. The van der Waals surface area contributed by atoms with Gasteiger partial charge >= 0.3 is 5.97 Å². The monoisotopic (exact) mass is 280 g/mol. The van der Waals surface area contributed by atoms with Crippen LogP contribution in [0.2, 0.25) is 0 Å². The van der Waals surface area contributed by atoms with Gasteiger partial charge in [-0.05, 0) is 19.1 Å².